The number of nitrogens with two attached hydrogens (primary N) is 1. The van der Waals surface area contributed by atoms with Crippen molar-refractivity contribution in [3.8, 4) is 17.2 Å². The van der Waals surface area contributed by atoms with Crippen LogP contribution in [0.5, 0.6) is 0 Å². The molecule has 22 heavy (non-hydrogen) atoms. The van der Waals surface area contributed by atoms with Gasteiger partial charge in [0.25, 0.3) is 5.95 Å². The topological polar surface area (TPSA) is 69.6 Å². The number of aromatic nitrogens is 4. The number of hydrogen-bond acceptors (Lipinski definition) is 4. The number of benzene rings is 1. The van der Waals surface area contributed by atoms with Gasteiger partial charge in [-0.15, -0.1) is 0 Å². The van der Waals surface area contributed by atoms with E-state index in [1.807, 2.05) is 19.9 Å². The molecule has 5 heteroatoms. The molecule has 2 heterocycles. The first-order valence-electron chi connectivity index (χ1n) is 7.20. The number of rotatable bonds is 2. The molecular weight excluding hydrogens is 274 g/mol. The van der Waals surface area contributed by atoms with Gasteiger partial charge in [0.1, 0.15) is 5.82 Å². The summed E-state index contributed by atoms with van der Waals surface area (Å²) in [6.45, 7) is 8.04. The van der Waals surface area contributed by atoms with Crippen LogP contribution in [0, 0.1) is 27.7 Å². The van der Waals surface area contributed by atoms with Crippen molar-refractivity contribution in [1.82, 2.24) is 19.7 Å². The number of nitrogen functional groups attached to an aromatic ring is 1. The lowest BCUT2D eigenvalue weighted by atomic mass is 10.0. The third kappa shape index (κ3) is 2.57. The summed E-state index contributed by atoms with van der Waals surface area (Å²) >= 11 is 0. The number of hydrogen-bond donors (Lipinski definition) is 1. The van der Waals surface area contributed by atoms with Crippen LogP contribution in [0.3, 0.4) is 0 Å². The summed E-state index contributed by atoms with van der Waals surface area (Å²) in [6, 6.07) is 10.1. The fraction of sp³-hybridized carbons (Fsp3) is 0.235. The van der Waals surface area contributed by atoms with Crippen molar-refractivity contribution >= 4 is 5.82 Å². The van der Waals surface area contributed by atoms with Gasteiger partial charge in [-0.3, -0.25) is 0 Å². The van der Waals surface area contributed by atoms with E-state index in [-0.39, 0.29) is 0 Å². The fourth-order valence-electron chi connectivity index (χ4n) is 2.38. The molecular formula is C17H19N5. The highest BCUT2D eigenvalue weighted by atomic mass is 15.4. The number of nitrogens with zero attached hydrogens (tertiary/aromatic N) is 4. The van der Waals surface area contributed by atoms with Crippen LogP contribution < -0.4 is 5.73 Å². The molecule has 0 saturated heterocycles. The van der Waals surface area contributed by atoms with Crippen LogP contribution >= 0.6 is 0 Å². The lowest BCUT2D eigenvalue weighted by molar-refractivity contribution is 0.800. The summed E-state index contributed by atoms with van der Waals surface area (Å²) in [5.41, 5.74) is 12.1. The van der Waals surface area contributed by atoms with Crippen LogP contribution in [0.2, 0.25) is 0 Å². The average molecular weight is 293 g/mol. The Morgan fingerprint density at radius 2 is 1.64 bits per heavy atom. The standard InChI is InChI=1S/C17H19N5/c1-10-5-6-14(7-11(10)2)15-8-12(3)19-17(20-15)22-16(18)9-13(4)21-22/h5-9H,18H2,1-4H3. The Morgan fingerprint density at radius 1 is 0.864 bits per heavy atom. The van der Waals surface area contributed by atoms with Gasteiger partial charge < -0.3 is 5.73 Å². The monoisotopic (exact) mass is 293 g/mol. The van der Waals surface area contributed by atoms with Crippen LogP contribution in [0.1, 0.15) is 22.5 Å². The summed E-state index contributed by atoms with van der Waals surface area (Å²) < 4.78 is 1.58. The minimum atomic E-state index is 0.499. The summed E-state index contributed by atoms with van der Waals surface area (Å²) in [5.74, 6) is 1.04. The van der Waals surface area contributed by atoms with Gasteiger partial charge in [-0.05, 0) is 51.0 Å². The largest absolute Gasteiger partial charge is 0.383 e. The molecule has 0 aliphatic carbocycles. The molecule has 0 bridgehead atoms. The van der Waals surface area contributed by atoms with Gasteiger partial charge in [-0.25, -0.2) is 9.97 Å². The van der Waals surface area contributed by atoms with E-state index in [0.717, 1.165) is 22.6 Å². The molecule has 0 radical (unpaired) electrons. The van der Waals surface area contributed by atoms with Gasteiger partial charge in [-0.2, -0.15) is 9.78 Å². The van der Waals surface area contributed by atoms with E-state index in [9.17, 15) is 0 Å². The molecule has 2 N–H and O–H groups in total. The van der Waals surface area contributed by atoms with Crippen molar-refractivity contribution in [2.75, 3.05) is 5.73 Å². The average Bonchev–Trinajstić information content (AvgIpc) is 2.80. The molecule has 1 aromatic carbocycles. The van der Waals surface area contributed by atoms with E-state index >= 15 is 0 Å². The summed E-state index contributed by atoms with van der Waals surface area (Å²) in [7, 11) is 0. The normalized spacial score (nSPS) is 10.9. The predicted octanol–water partition coefficient (Wildman–Crippen LogP) is 3.15. The molecule has 3 rings (SSSR count). The maximum absolute atomic E-state index is 5.98. The molecule has 0 amide bonds. The Balaban J connectivity index is 2.14. The Bertz CT molecular complexity index is 848. The second-order valence-corrected chi connectivity index (χ2v) is 5.62. The highest BCUT2D eigenvalue weighted by molar-refractivity contribution is 5.62. The van der Waals surface area contributed by atoms with Gasteiger partial charge >= 0.3 is 0 Å². The first kappa shape index (κ1) is 14.3. The minimum Gasteiger partial charge on any atom is -0.383 e. The van der Waals surface area contributed by atoms with E-state index < -0.39 is 0 Å². The smallest absolute Gasteiger partial charge is 0.253 e. The van der Waals surface area contributed by atoms with Gasteiger partial charge in [0, 0.05) is 17.3 Å². The zero-order valence-electron chi connectivity index (χ0n) is 13.3. The van der Waals surface area contributed by atoms with Crippen molar-refractivity contribution in [1.29, 1.82) is 0 Å². The summed E-state index contributed by atoms with van der Waals surface area (Å²) in [6.07, 6.45) is 0. The van der Waals surface area contributed by atoms with Gasteiger partial charge in [0.15, 0.2) is 0 Å². The molecule has 0 aliphatic rings. The molecule has 0 unspecified atom stereocenters. The molecule has 0 fully saturated rings. The van der Waals surface area contributed by atoms with Gasteiger partial charge in [0.2, 0.25) is 0 Å². The molecule has 0 saturated carbocycles. The van der Waals surface area contributed by atoms with Crippen LogP contribution in [0.25, 0.3) is 17.2 Å². The first-order valence-corrected chi connectivity index (χ1v) is 7.20. The Morgan fingerprint density at radius 3 is 2.27 bits per heavy atom. The van der Waals surface area contributed by atoms with E-state index in [0.29, 0.717) is 11.8 Å². The third-order valence-electron chi connectivity index (χ3n) is 3.69. The third-order valence-corrected chi connectivity index (χ3v) is 3.69. The molecule has 2 aromatic heterocycles. The molecule has 0 spiro atoms. The maximum atomic E-state index is 5.98. The van der Waals surface area contributed by atoms with Crippen molar-refractivity contribution in [3.63, 3.8) is 0 Å². The van der Waals surface area contributed by atoms with Gasteiger partial charge in [-0.1, -0.05) is 12.1 Å². The number of aryl methyl sites for hydroxylation is 4. The van der Waals surface area contributed by atoms with E-state index in [4.69, 9.17) is 5.73 Å². The second kappa shape index (κ2) is 5.26. The van der Waals surface area contributed by atoms with Gasteiger partial charge in [0.05, 0.1) is 11.4 Å². The molecule has 5 nitrogen and oxygen atoms in total. The zero-order chi connectivity index (χ0) is 15.9. The minimum absolute atomic E-state index is 0.499. The van der Waals surface area contributed by atoms with Crippen LogP contribution in [0.15, 0.2) is 30.3 Å². The SMILES string of the molecule is Cc1cc(-c2ccc(C)c(C)c2)nc(-n2nc(C)cc2N)n1. The lowest BCUT2D eigenvalue weighted by Gasteiger charge is -2.09. The highest BCUT2D eigenvalue weighted by Gasteiger charge is 2.11. The van der Waals surface area contributed by atoms with Crippen LogP contribution in [-0.4, -0.2) is 19.7 Å². The van der Waals surface area contributed by atoms with Crippen LogP contribution in [-0.2, 0) is 0 Å². The second-order valence-electron chi connectivity index (χ2n) is 5.62. The van der Waals surface area contributed by atoms with E-state index in [2.05, 4.69) is 47.1 Å². The van der Waals surface area contributed by atoms with Crippen molar-refractivity contribution in [2.24, 2.45) is 0 Å². The Kier molecular flexibility index (Phi) is 3.41. The first-order chi connectivity index (χ1) is 10.4. The summed E-state index contributed by atoms with van der Waals surface area (Å²) in [5, 5.41) is 4.35. The predicted molar refractivity (Wildman–Crippen MR) is 88.0 cm³/mol. The van der Waals surface area contributed by atoms with E-state index in [1.54, 1.807) is 10.7 Å². The van der Waals surface area contributed by atoms with Crippen LogP contribution in [0.4, 0.5) is 5.82 Å². The Hall–Kier alpha value is -2.69. The van der Waals surface area contributed by atoms with Crippen molar-refractivity contribution < 1.29 is 0 Å². The molecule has 0 atom stereocenters. The zero-order valence-corrected chi connectivity index (χ0v) is 13.3. The highest BCUT2D eigenvalue weighted by Crippen LogP contribution is 2.22. The maximum Gasteiger partial charge on any atom is 0.253 e. The number of anilines is 1. The lowest BCUT2D eigenvalue weighted by Crippen LogP contribution is -2.08. The summed E-state index contributed by atoms with van der Waals surface area (Å²) in [4.78, 5) is 9.08. The van der Waals surface area contributed by atoms with Crippen molar-refractivity contribution in [2.45, 2.75) is 27.7 Å². The molecule has 112 valence electrons. The van der Waals surface area contributed by atoms with Crippen molar-refractivity contribution in [3.05, 3.63) is 52.8 Å². The van der Waals surface area contributed by atoms with E-state index in [1.165, 1.54) is 11.1 Å². The molecule has 3 aromatic rings. The Labute approximate surface area is 129 Å². The fourth-order valence-corrected chi connectivity index (χ4v) is 2.38. The quantitative estimate of drug-likeness (QED) is 0.788. The molecule has 0 aliphatic heterocycles.